The Labute approximate surface area is 114 Å². The molecule has 0 radical (unpaired) electrons. The summed E-state index contributed by atoms with van der Waals surface area (Å²) in [5.41, 5.74) is 1.09. The predicted octanol–water partition coefficient (Wildman–Crippen LogP) is 1.51. The van der Waals surface area contributed by atoms with E-state index in [0.717, 1.165) is 24.4 Å². The van der Waals surface area contributed by atoms with Crippen molar-refractivity contribution in [1.82, 2.24) is 10.2 Å². The minimum atomic E-state index is 0.0943. The summed E-state index contributed by atoms with van der Waals surface area (Å²) in [4.78, 5) is 14.1. The maximum absolute atomic E-state index is 12.3. The highest BCUT2D eigenvalue weighted by Gasteiger charge is 2.30. The molecule has 1 aliphatic heterocycles. The summed E-state index contributed by atoms with van der Waals surface area (Å²) in [7, 11) is 3.52. The van der Waals surface area contributed by atoms with Crippen molar-refractivity contribution in [3.63, 3.8) is 0 Å². The summed E-state index contributed by atoms with van der Waals surface area (Å²) in [6, 6.07) is 7.85. The second kappa shape index (κ2) is 6.06. The van der Waals surface area contributed by atoms with Crippen LogP contribution in [-0.4, -0.2) is 38.1 Å². The third kappa shape index (κ3) is 3.26. The van der Waals surface area contributed by atoms with Crippen molar-refractivity contribution < 1.29 is 9.53 Å². The van der Waals surface area contributed by atoms with Crippen LogP contribution < -0.4 is 10.1 Å². The van der Waals surface area contributed by atoms with Crippen LogP contribution >= 0.6 is 0 Å². The molecule has 1 aromatic carbocycles. The third-order valence-corrected chi connectivity index (χ3v) is 3.84. The van der Waals surface area contributed by atoms with Crippen LogP contribution in [0.25, 0.3) is 0 Å². The zero-order valence-corrected chi connectivity index (χ0v) is 11.8. The molecule has 1 unspecified atom stereocenters. The van der Waals surface area contributed by atoms with Gasteiger partial charge < -0.3 is 15.0 Å². The number of nitrogens with one attached hydrogen (secondary N) is 1. The summed E-state index contributed by atoms with van der Waals surface area (Å²) in [6.07, 6.45) is 0. The van der Waals surface area contributed by atoms with E-state index in [9.17, 15) is 4.79 Å². The minimum absolute atomic E-state index is 0.0943. The van der Waals surface area contributed by atoms with Crippen molar-refractivity contribution in [1.29, 1.82) is 0 Å². The molecule has 0 aromatic heterocycles. The molecule has 1 amide bonds. The van der Waals surface area contributed by atoms with E-state index in [1.54, 1.807) is 12.0 Å². The molecule has 19 heavy (non-hydrogen) atoms. The molecule has 0 spiro atoms. The second-order valence-corrected chi connectivity index (χ2v) is 5.25. The Kier molecular flexibility index (Phi) is 4.43. The Morgan fingerprint density at radius 2 is 2.26 bits per heavy atom. The van der Waals surface area contributed by atoms with Crippen LogP contribution in [0.3, 0.4) is 0 Å². The fraction of sp³-hybridized carbons (Fsp3) is 0.533. The first kappa shape index (κ1) is 13.9. The number of hydrogen-bond acceptors (Lipinski definition) is 3. The molecular formula is C15H22N2O2. The summed E-state index contributed by atoms with van der Waals surface area (Å²) < 4.78 is 5.20. The first-order valence-corrected chi connectivity index (χ1v) is 6.70. The maximum atomic E-state index is 12.3. The van der Waals surface area contributed by atoms with E-state index in [4.69, 9.17) is 4.74 Å². The van der Waals surface area contributed by atoms with Gasteiger partial charge in [0.05, 0.1) is 7.11 Å². The van der Waals surface area contributed by atoms with E-state index in [1.165, 1.54) is 0 Å². The highest BCUT2D eigenvalue weighted by molar-refractivity contribution is 5.78. The molecule has 0 saturated carbocycles. The molecular weight excluding hydrogens is 240 g/mol. The molecule has 1 aliphatic rings. The van der Waals surface area contributed by atoms with E-state index in [-0.39, 0.29) is 11.8 Å². The zero-order chi connectivity index (χ0) is 13.8. The van der Waals surface area contributed by atoms with Gasteiger partial charge in [-0.05, 0) is 36.7 Å². The van der Waals surface area contributed by atoms with Gasteiger partial charge in [0.15, 0.2) is 0 Å². The summed E-state index contributed by atoms with van der Waals surface area (Å²) in [6.45, 7) is 4.57. The molecule has 1 atom stereocenters. The number of rotatable bonds is 5. The number of carbonyl (C=O) groups excluding carboxylic acids is 1. The topological polar surface area (TPSA) is 41.6 Å². The third-order valence-electron chi connectivity index (χ3n) is 3.84. The Hall–Kier alpha value is -1.55. The fourth-order valence-corrected chi connectivity index (χ4v) is 2.34. The van der Waals surface area contributed by atoms with Gasteiger partial charge in [0, 0.05) is 19.5 Å². The normalized spacial score (nSPS) is 16.6. The largest absolute Gasteiger partial charge is 0.497 e. The van der Waals surface area contributed by atoms with Crippen molar-refractivity contribution in [2.45, 2.75) is 13.5 Å². The van der Waals surface area contributed by atoms with E-state index < -0.39 is 0 Å². The Morgan fingerprint density at radius 3 is 2.84 bits per heavy atom. The summed E-state index contributed by atoms with van der Waals surface area (Å²) in [5, 5.41) is 3.21. The van der Waals surface area contributed by atoms with E-state index in [1.807, 2.05) is 38.2 Å². The average Bonchev–Trinajstić information content (AvgIpc) is 2.35. The lowest BCUT2D eigenvalue weighted by molar-refractivity contribution is -0.136. The highest BCUT2D eigenvalue weighted by atomic mass is 16.5. The standard InChI is InChI=1S/C15H22N2O2/c1-11(13-8-16-9-13)15(18)17(2)10-12-5-4-6-14(7-12)19-3/h4-7,11,13,16H,8-10H2,1-3H3. The van der Waals surface area contributed by atoms with Crippen LogP contribution in [0, 0.1) is 11.8 Å². The van der Waals surface area contributed by atoms with Crippen LogP contribution in [0.1, 0.15) is 12.5 Å². The number of carbonyl (C=O) groups is 1. The first-order chi connectivity index (χ1) is 9.11. The smallest absolute Gasteiger partial charge is 0.225 e. The number of amides is 1. The molecule has 1 aromatic rings. The molecule has 0 aliphatic carbocycles. The van der Waals surface area contributed by atoms with Gasteiger partial charge in [-0.25, -0.2) is 0 Å². The SMILES string of the molecule is COc1cccc(CN(C)C(=O)C(C)C2CNC2)c1. The number of benzene rings is 1. The molecule has 104 valence electrons. The Balaban J connectivity index is 1.95. The van der Waals surface area contributed by atoms with Gasteiger partial charge >= 0.3 is 0 Å². The second-order valence-electron chi connectivity index (χ2n) is 5.25. The van der Waals surface area contributed by atoms with Crippen molar-refractivity contribution in [3.05, 3.63) is 29.8 Å². The van der Waals surface area contributed by atoms with Gasteiger partial charge in [-0.15, -0.1) is 0 Å². The zero-order valence-electron chi connectivity index (χ0n) is 11.8. The first-order valence-electron chi connectivity index (χ1n) is 6.70. The molecule has 1 heterocycles. The quantitative estimate of drug-likeness (QED) is 0.874. The Morgan fingerprint density at radius 1 is 1.53 bits per heavy atom. The number of hydrogen-bond donors (Lipinski definition) is 1. The molecule has 4 heteroatoms. The van der Waals surface area contributed by atoms with E-state index in [2.05, 4.69) is 5.32 Å². The Bertz CT molecular complexity index is 444. The lowest BCUT2D eigenvalue weighted by Gasteiger charge is -2.34. The number of nitrogens with zero attached hydrogens (tertiary/aromatic N) is 1. The van der Waals surface area contributed by atoms with Crippen molar-refractivity contribution in [3.8, 4) is 5.75 Å². The van der Waals surface area contributed by atoms with Gasteiger partial charge in [0.1, 0.15) is 5.75 Å². The molecule has 1 saturated heterocycles. The van der Waals surface area contributed by atoms with E-state index in [0.29, 0.717) is 12.5 Å². The van der Waals surface area contributed by atoms with Crippen LogP contribution in [-0.2, 0) is 11.3 Å². The van der Waals surface area contributed by atoms with Crippen LogP contribution in [0.15, 0.2) is 24.3 Å². The van der Waals surface area contributed by atoms with Gasteiger partial charge in [-0.1, -0.05) is 19.1 Å². The fourth-order valence-electron chi connectivity index (χ4n) is 2.34. The summed E-state index contributed by atoms with van der Waals surface area (Å²) in [5.74, 6) is 1.63. The van der Waals surface area contributed by atoms with Crippen molar-refractivity contribution in [2.75, 3.05) is 27.2 Å². The highest BCUT2D eigenvalue weighted by Crippen LogP contribution is 2.20. The molecule has 2 rings (SSSR count). The number of methoxy groups -OCH3 is 1. The minimum Gasteiger partial charge on any atom is -0.497 e. The van der Waals surface area contributed by atoms with Crippen LogP contribution in [0.2, 0.25) is 0 Å². The van der Waals surface area contributed by atoms with Crippen LogP contribution in [0.5, 0.6) is 5.75 Å². The maximum Gasteiger partial charge on any atom is 0.225 e. The summed E-state index contributed by atoms with van der Waals surface area (Å²) >= 11 is 0. The van der Waals surface area contributed by atoms with Crippen molar-refractivity contribution in [2.24, 2.45) is 11.8 Å². The lowest BCUT2D eigenvalue weighted by Crippen LogP contribution is -2.49. The molecule has 1 fully saturated rings. The predicted molar refractivity (Wildman–Crippen MR) is 75.0 cm³/mol. The van der Waals surface area contributed by atoms with Gasteiger partial charge in [-0.2, -0.15) is 0 Å². The molecule has 0 bridgehead atoms. The van der Waals surface area contributed by atoms with Crippen molar-refractivity contribution >= 4 is 5.91 Å². The van der Waals surface area contributed by atoms with Gasteiger partial charge in [0.2, 0.25) is 5.91 Å². The van der Waals surface area contributed by atoms with Gasteiger partial charge in [0.25, 0.3) is 0 Å². The molecule has 1 N–H and O–H groups in total. The lowest BCUT2D eigenvalue weighted by atomic mass is 9.88. The van der Waals surface area contributed by atoms with Crippen LogP contribution in [0.4, 0.5) is 0 Å². The van der Waals surface area contributed by atoms with E-state index >= 15 is 0 Å². The monoisotopic (exact) mass is 262 g/mol. The number of ether oxygens (including phenoxy) is 1. The molecule has 4 nitrogen and oxygen atoms in total. The van der Waals surface area contributed by atoms with Gasteiger partial charge in [-0.3, -0.25) is 4.79 Å². The average molecular weight is 262 g/mol.